The molecule has 3 aromatic rings. The fourth-order valence-electron chi connectivity index (χ4n) is 1.85. The third-order valence-corrected chi connectivity index (χ3v) is 2.95. The van der Waals surface area contributed by atoms with Crippen molar-refractivity contribution in [2.24, 2.45) is 7.05 Å². The van der Waals surface area contributed by atoms with Gasteiger partial charge in [0.1, 0.15) is 17.5 Å². The minimum atomic E-state index is 0.488. The molecule has 0 fully saturated rings. The number of hydrogen-bond donors (Lipinski definition) is 1. The van der Waals surface area contributed by atoms with Gasteiger partial charge in [-0.2, -0.15) is 5.10 Å². The van der Waals surface area contributed by atoms with Gasteiger partial charge in [0, 0.05) is 12.7 Å². The third-order valence-electron chi connectivity index (χ3n) is 2.95. The lowest BCUT2D eigenvalue weighted by Gasteiger charge is -2.07. The molecule has 0 atom stereocenters. The molecule has 3 rings (SSSR count). The molecule has 0 aliphatic carbocycles. The van der Waals surface area contributed by atoms with Gasteiger partial charge in [0.15, 0.2) is 5.65 Å². The number of nitrogen functional groups attached to an aromatic ring is 1. The molecule has 0 aliphatic heterocycles. The molecule has 2 N–H and O–H groups in total. The molecule has 0 bridgehead atoms. The number of hydrogen-bond acceptors (Lipinski definition) is 5. The maximum absolute atomic E-state index is 5.78. The Bertz CT molecular complexity index is 750. The lowest BCUT2D eigenvalue weighted by Crippen LogP contribution is -1.95. The van der Waals surface area contributed by atoms with Crippen molar-refractivity contribution in [1.82, 2.24) is 19.7 Å². The number of nitrogens with zero attached hydrogens (tertiary/aromatic N) is 4. The summed E-state index contributed by atoms with van der Waals surface area (Å²) in [6.45, 7) is 1.93. The van der Waals surface area contributed by atoms with Crippen LogP contribution in [0.3, 0.4) is 0 Å². The van der Waals surface area contributed by atoms with E-state index in [0.29, 0.717) is 11.6 Å². The maximum Gasteiger partial charge on any atom is 0.233 e. The van der Waals surface area contributed by atoms with E-state index < -0.39 is 0 Å². The van der Waals surface area contributed by atoms with Gasteiger partial charge in [-0.3, -0.25) is 4.68 Å². The topological polar surface area (TPSA) is 78.9 Å². The van der Waals surface area contributed by atoms with Crippen molar-refractivity contribution < 1.29 is 4.74 Å². The van der Waals surface area contributed by atoms with E-state index in [1.54, 1.807) is 10.9 Å². The van der Waals surface area contributed by atoms with E-state index in [1.165, 1.54) is 6.33 Å². The second-order valence-electron chi connectivity index (χ2n) is 4.30. The zero-order valence-electron chi connectivity index (χ0n) is 10.7. The number of benzene rings is 1. The molecule has 0 saturated heterocycles. The Hall–Kier alpha value is -2.63. The molecule has 2 aromatic heterocycles. The number of aryl methyl sites for hydroxylation is 2. The van der Waals surface area contributed by atoms with Crippen molar-refractivity contribution in [3.05, 3.63) is 36.3 Å². The highest BCUT2D eigenvalue weighted by atomic mass is 16.5. The summed E-state index contributed by atoms with van der Waals surface area (Å²) in [5, 5.41) is 4.92. The molecule has 0 saturated carbocycles. The second-order valence-corrected chi connectivity index (χ2v) is 4.30. The minimum Gasteiger partial charge on any atom is -0.438 e. The maximum atomic E-state index is 5.78. The summed E-state index contributed by atoms with van der Waals surface area (Å²) in [6.07, 6.45) is 3.15. The average Bonchev–Trinajstić information content (AvgIpc) is 2.77. The van der Waals surface area contributed by atoms with Crippen LogP contribution in [0.15, 0.2) is 30.7 Å². The molecule has 96 valence electrons. The second kappa shape index (κ2) is 4.24. The number of ether oxygens (including phenoxy) is 1. The summed E-state index contributed by atoms with van der Waals surface area (Å²) in [5.74, 6) is 1.18. The Morgan fingerprint density at radius 3 is 2.89 bits per heavy atom. The van der Waals surface area contributed by atoms with E-state index >= 15 is 0 Å². The van der Waals surface area contributed by atoms with Gasteiger partial charge in [-0.05, 0) is 30.7 Å². The Labute approximate surface area is 109 Å². The Kier molecular flexibility index (Phi) is 2.56. The largest absolute Gasteiger partial charge is 0.438 e. The van der Waals surface area contributed by atoms with Gasteiger partial charge < -0.3 is 10.5 Å². The van der Waals surface area contributed by atoms with Crippen LogP contribution in [0.2, 0.25) is 0 Å². The molecule has 0 radical (unpaired) electrons. The lowest BCUT2D eigenvalue weighted by atomic mass is 10.2. The lowest BCUT2D eigenvalue weighted by molar-refractivity contribution is 0.468. The molecule has 0 aliphatic rings. The number of rotatable bonds is 2. The number of nitrogens with two attached hydrogens (primary N) is 1. The quantitative estimate of drug-likeness (QED) is 0.709. The number of anilines is 1. The zero-order chi connectivity index (χ0) is 13.4. The van der Waals surface area contributed by atoms with E-state index in [2.05, 4.69) is 15.1 Å². The zero-order valence-corrected chi connectivity index (χ0v) is 10.7. The smallest absolute Gasteiger partial charge is 0.233 e. The summed E-state index contributed by atoms with van der Waals surface area (Å²) in [6, 6.07) is 5.50. The third kappa shape index (κ3) is 1.97. The monoisotopic (exact) mass is 255 g/mol. The van der Waals surface area contributed by atoms with Crippen LogP contribution in [-0.4, -0.2) is 19.7 Å². The van der Waals surface area contributed by atoms with Crippen LogP contribution in [0.4, 0.5) is 5.69 Å². The van der Waals surface area contributed by atoms with Crippen LogP contribution in [0.25, 0.3) is 11.0 Å². The standard InChI is InChI=1S/C13H13N5O/c1-8-5-9(3-4-11(8)14)19-13-10-6-17-18(2)12(10)15-7-16-13/h3-7H,14H2,1-2H3. The van der Waals surface area contributed by atoms with Gasteiger partial charge in [-0.15, -0.1) is 0 Å². The molecule has 0 unspecified atom stereocenters. The first-order valence-corrected chi connectivity index (χ1v) is 5.82. The van der Waals surface area contributed by atoms with E-state index in [1.807, 2.05) is 32.2 Å². The SMILES string of the molecule is Cc1cc(Oc2ncnc3c2cnn3C)ccc1N. The van der Waals surface area contributed by atoms with Gasteiger partial charge in [0.2, 0.25) is 5.88 Å². The molecule has 6 heteroatoms. The molecule has 0 amide bonds. The van der Waals surface area contributed by atoms with Crippen molar-refractivity contribution >= 4 is 16.7 Å². The van der Waals surface area contributed by atoms with Gasteiger partial charge in [0.05, 0.1) is 6.20 Å². The van der Waals surface area contributed by atoms with Crippen LogP contribution in [-0.2, 0) is 7.05 Å². The van der Waals surface area contributed by atoms with E-state index in [0.717, 1.165) is 22.3 Å². The number of fused-ring (bicyclic) bond motifs is 1. The van der Waals surface area contributed by atoms with Crippen molar-refractivity contribution in [3.8, 4) is 11.6 Å². The summed E-state index contributed by atoms with van der Waals surface area (Å²) in [4.78, 5) is 8.31. The highest BCUT2D eigenvalue weighted by Gasteiger charge is 2.10. The summed E-state index contributed by atoms with van der Waals surface area (Å²) < 4.78 is 7.46. The summed E-state index contributed by atoms with van der Waals surface area (Å²) >= 11 is 0. The molecular weight excluding hydrogens is 242 g/mol. The molecule has 6 nitrogen and oxygen atoms in total. The van der Waals surface area contributed by atoms with Crippen LogP contribution in [0, 0.1) is 6.92 Å². The number of aromatic nitrogens is 4. The highest BCUT2D eigenvalue weighted by molar-refractivity contribution is 5.79. The van der Waals surface area contributed by atoms with E-state index in [-0.39, 0.29) is 0 Å². The average molecular weight is 255 g/mol. The van der Waals surface area contributed by atoms with Crippen molar-refractivity contribution in [2.45, 2.75) is 6.92 Å². The van der Waals surface area contributed by atoms with E-state index in [4.69, 9.17) is 10.5 Å². The first-order valence-electron chi connectivity index (χ1n) is 5.82. The molecule has 19 heavy (non-hydrogen) atoms. The van der Waals surface area contributed by atoms with Gasteiger partial charge in [-0.1, -0.05) is 0 Å². The van der Waals surface area contributed by atoms with Crippen molar-refractivity contribution in [2.75, 3.05) is 5.73 Å². The Morgan fingerprint density at radius 1 is 1.26 bits per heavy atom. The molecule has 1 aromatic carbocycles. The molecule has 0 spiro atoms. The Morgan fingerprint density at radius 2 is 2.11 bits per heavy atom. The Balaban J connectivity index is 2.03. The van der Waals surface area contributed by atoms with Crippen LogP contribution < -0.4 is 10.5 Å². The predicted octanol–water partition coefficient (Wildman–Crippen LogP) is 2.05. The highest BCUT2D eigenvalue weighted by Crippen LogP contribution is 2.27. The van der Waals surface area contributed by atoms with Gasteiger partial charge >= 0.3 is 0 Å². The van der Waals surface area contributed by atoms with Crippen LogP contribution in [0.1, 0.15) is 5.56 Å². The minimum absolute atomic E-state index is 0.488. The van der Waals surface area contributed by atoms with Crippen molar-refractivity contribution in [3.63, 3.8) is 0 Å². The van der Waals surface area contributed by atoms with E-state index in [9.17, 15) is 0 Å². The van der Waals surface area contributed by atoms with Gasteiger partial charge in [0.25, 0.3) is 0 Å². The fourth-order valence-corrected chi connectivity index (χ4v) is 1.85. The van der Waals surface area contributed by atoms with Crippen LogP contribution >= 0.6 is 0 Å². The van der Waals surface area contributed by atoms with Crippen molar-refractivity contribution in [1.29, 1.82) is 0 Å². The van der Waals surface area contributed by atoms with Crippen LogP contribution in [0.5, 0.6) is 11.6 Å². The predicted molar refractivity (Wildman–Crippen MR) is 72.0 cm³/mol. The molecular formula is C13H13N5O. The normalized spacial score (nSPS) is 10.8. The summed E-state index contributed by atoms with van der Waals surface area (Å²) in [5.41, 5.74) is 8.22. The fraction of sp³-hybridized carbons (Fsp3) is 0.154. The first kappa shape index (κ1) is 11.5. The van der Waals surface area contributed by atoms with Gasteiger partial charge in [-0.25, -0.2) is 9.97 Å². The summed E-state index contributed by atoms with van der Waals surface area (Å²) in [7, 11) is 1.83. The molecule has 2 heterocycles. The first-order chi connectivity index (χ1) is 9.15.